The number of hydrogen-bond acceptors (Lipinski definition) is 2. The molecule has 2 heterocycles. The third kappa shape index (κ3) is 1.99. The molecule has 2 aromatic heterocycles. The van der Waals surface area contributed by atoms with Crippen molar-refractivity contribution in [2.75, 3.05) is 0 Å². The van der Waals surface area contributed by atoms with Gasteiger partial charge in [0.15, 0.2) is 5.82 Å². The molecule has 3 nitrogen and oxygen atoms in total. The van der Waals surface area contributed by atoms with Crippen molar-refractivity contribution in [1.29, 1.82) is 0 Å². The van der Waals surface area contributed by atoms with E-state index in [-0.39, 0.29) is 0 Å². The highest BCUT2D eigenvalue weighted by molar-refractivity contribution is 9.10. The largest absolute Gasteiger partial charge is 0.232 e. The van der Waals surface area contributed by atoms with Crippen LogP contribution in [0.3, 0.4) is 0 Å². The van der Waals surface area contributed by atoms with E-state index in [0.717, 1.165) is 27.2 Å². The zero-order chi connectivity index (χ0) is 11.9. The van der Waals surface area contributed by atoms with Crippen molar-refractivity contribution in [2.24, 2.45) is 0 Å². The summed E-state index contributed by atoms with van der Waals surface area (Å²) in [6, 6.07) is 1.91. The molecule has 0 aliphatic rings. The molecule has 16 heavy (non-hydrogen) atoms. The SMILES string of the molecule is Cc1cc(Cl)c(C)nc1-n1cc(Br)c(C)n1. The average molecular weight is 301 g/mol. The van der Waals surface area contributed by atoms with E-state index < -0.39 is 0 Å². The van der Waals surface area contributed by atoms with Gasteiger partial charge in [-0.05, 0) is 48.3 Å². The Bertz CT molecular complexity index is 529. The van der Waals surface area contributed by atoms with Crippen molar-refractivity contribution in [3.05, 3.63) is 38.7 Å². The fourth-order valence-electron chi connectivity index (χ4n) is 1.44. The monoisotopic (exact) mass is 299 g/mol. The molecule has 0 radical (unpaired) electrons. The Hall–Kier alpha value is -0.870. The number of hydrogen-bond donors (Lipinski definition) is 0. The molecule has 0 N–H and O–H groups in total. The first-order chi connectivity index (χ1) is 7.49. The lowest BCUT2D eigenvalue weighted by atomic mass is 10.2. The van der Waals surface area contributed by atoms with Crippen molar-refractivity contribution in [1.82, 2.24) is 14.8 Å². The predicted octanol–water partition coefficient (Wildman–Crippen LogP) is 3.61. The summed E-state index contributed by atoms with van der Waals surface area (Å²) in [7, 11) is 0. The summed E-state index contributed by atoms with van der Waals surface area (Å²) in [4.78, 5) is 4.44. The van der Waals surface area contributed by atoms with E-state index in [1.807, 2.05) is 33.0 Å². The fraction of sp³-hybridized carbons (Fsp3) is 0.273. The Balaban J connectivity index is 2.60. The molecular weight excluding hydrogens is 289 g/mol. The second-order valence-electron chi connectivity index (χ2n) is 3.70. The highest BCUT2D eigenvalue weighted by atomic mass is 79.9. The smallest absolute Gasteiger partial charge is 0.156 e. The molecule has 0 aliphatic heterocycles. The summed E-state index contributed by atoms with van der Waals surface area (Å²) in [5.41, 5.74) is 2.76. The molecule has 2 rings (SSSR count). The van der Waals surface area contributed by atoms with Crippen LogP contribution >= 0.6 is 27.5 Å². The summed E-state index contributed by atoms with van der Waals surface area (Å²) in [6.07, 6.45) is 1.90. The van der Waals surface area contributed by atoms with E-state index >= 15 is 0 Å². The normalized spacial score (nSPS) is 10.8. The lowest BCUT2D eigenvalue weighted by Gasteiger charge is -2.07. The summed E-state index contributed by atoms with van der Waals surface area (Å²) < 4.78 is 2.74. The van der Waals surface area contributed by atoms with Gasteiger partial charge in [0.2, 0.25) is 0 Å². The van der Waals surface area contributed by atoms with Crippen LogP contribution in [-0.4, -0.2) is 14.8 Å². The molecule has 0 atom stereocenters. The van der Waals surface area contributed by atoms with Crippen molar-refractivity contribution in [3.8, 4) is 5.82 Å². The summed E-state index contributed by atoms with van der Waals surface area (Å²) in [6.45, 7) is 5.80. The van der Waals surface area contributed by atoms with E-state index in [1.54, 1.807) is 4.68 Å². The Morgan fingerprint density at radius 2 is 1.94 bits per heavy atom. The van der Waals surface area contributed by atoms with E-state index in [1.165, 1.54) is 0 Å². The van der Waals surface area contributed by atoms with Crippen molar-refractivity contribution >= 4 is 27.5 Å². The molecule has 0 amide bonds. The topological polar surface area (TPSA) is 30.7 Å². The lowest BCUT2D eigenvalue weighted by Crippen LogP contribution is -2.03. The second kappa shape index (κ2) is 4.18. The van der Waals surface area contributed by atoms with Crippen LogP contribution in [0.2, 0.25) is 5.02 Å². The molecule has 0 aromatic carbocycles. The lowest BCUT2D eigenvalue weighted by molar-refractivity contribution is 0.819. The molecular formula is C11H11BrClN3. The van der Waals surface area contributed by atoms with Gasteiger partial charge in [0, 0.05) is 6.20 Å². The Morgan fingerprint density at radius 1 is 1.25 bits per heavy atom. The third-order valence-electron chi connectivity index (χ3n) is 2.37. The first kappa shape index (κ1) is 11.6. The van der Waals surface area contributed by atoms with Gasteiger partial charge in [-0.2, -0.15) is 5.10 Å². The number of pyridine rings is 1. The maximum absolute atomic E-state index is 6.01. The zero-order valence-corrected chi connectivity index (χ0v) is 11.6. The minimum Gasteiger partial charge on any atom is -0.232 e. The van der Waals surface area contributed by atoms with Crippen LogP contribution in [-0.2, 0) is 0 Å². The van der Waals surface area contributed by atoms with Gasteiger partial charge in [-0.3, -0.25) is 0 Å². The van der Waals surface area contributed by atoms with Gasteiger partial charge in [-0.15, -0.1) is 0 Å². The van der Waals surface area contributed by atoms with Gasteiger partial charge in [-0.25, -0.2) is 9.67 Å². The number of rotatable bonds is 1. The van der Waals surface area contributed by atoms with Crippen LogP contribution in [0.4, 0.5) is 0 Å². The third-order valence-corrected chi connectivity index (χ3v) is 3.53. The summed E-state index contributed by atoms with van der Waals surface area (Å²) >= 11 is 9.44. The predicted molar refractivity (Wildman–Crippen MR) is 68.3 cm³/mol. The highest BCUT2D eigenvalue weighted by Gasteiger charge is 2.09. The highest BCUT2D eigenvalue weighted by Crippen LogP contribution is 2.22. The van der Waals surface area contributed by atoms with E-state index in [9.17, 15) is 0 Å². The minimum atomic E-state index is 0.684. The Labute approximate surface area is 108 Å². The minimum absolute atomic E-state index is 0.684. The molecule has 84 valence electrons. The van der Waals surface area contributed by atoms with Gasteiger partial charge in [-0.1, -0.05) is 11.6 Å². The van der Waals surface area contributed by atoms with Gasteiger partial charge in [0.05, 0.1) is 20.9 Å². The first-order valence-electron chi connectivity index (χ1n) is 4.85. The number of nitrogens with zero attached hydrogens (tertiary/aromatic N) is 3. The molecule has 5 heteroatoms. The van der Waals surface area contributed by atoms with Crippen molar-refractivity contribution in [3.63, 3.8) is 0 Å². The first-order valence-corrected chi connectivity index (χ1v) is 6.02. The molecule has 0 bridgehead atoms. The van der Waals surface area contributed by atoms with E-state index in [2.05, 4.69) is 26.0 Å². The van der Waals surface area contributed by atoms with Crippen LogP contribution in [0, 0.1) is 20.8 Å². The maximum Gasteiger partial charge on any atom is 0.156 e. The van der Waals surface area contributed by atoms with Gasteiger partial charge < -0.3 is 0 Å². The molecule has 0 saturated carbocycles. The Kier molecular flexibility index (Phi) is 3.04. The summed E-state index contributed by atoms with van der Waals surface area (Å²) in [5.74, 6) is 0.815. The maximum atomic E-state index is 6.01. The molecule has 0 aliphatic carbocycles. The molecule has 0 unspecified atom stereocenters. The molecule has 0 spiro atoms. The van der Waals surface area contributed by atoms with Gasteiger partial charge in [0.1, 0.15) is 0 Å². The van der Waals surface area contributed by atoms with Crippen LogP contribution < -0.4 is 0 Å². The van der Waals surface area contributed by atoms with Crippen LogP contribution in [0.5, 0.6) is 0 Å². The zero-order valence-electron chi connectivity index (χ0n) is 9.25. The van der Waals surface area contributed by atoms with Crippen molar-refractivity contribution in [2.45, 2.75) is 20.8 Å². The summed E-state index contributed by atoms with van der Waals surface area (Å²) in [5, 5.41) is 5.06. The molecule has 0 fully saturated rings. The van der Waals surface area contributed by atoms with Crippen LogP contribution in [0.15, 0.2) is 16.7 Å². The fourth-order valence-corrected chi connectivity index (χ4v) is 1.92. The van der Waals surface area contributed by atoms with Crippen LogP contribution in [0.1, 0.15) is 17.0 Å². The quantitative estimate of drug-likeness (QED) is 0.805. The van der Waals surface area contributed by atoms with Crippen LogP contribution in [0.25, 0.3) is 5.82 Å². The van der Waals surface area contributed by atoms with E-state index in [0.29, 0.717) is 5.02 Å². The molecule has 2 aromatic rings. The molecule has 0 saturated heterocycles. The standard InChI is InChI=1S/C11H11BrClN3/c1-6-4-10(13)8(3)14-11(6)16-5-9(12)7(2)15-16/h4-5H,1-3H3. The number of halogens is 2. The number of aromatic nitrogens is 3. The Morgan fingerprint density at radius 3 is 2.50 bits per heavy atom. The van der Waals surface area contributed by atoms with Gasteiger partial charge >= 0.3 is 0 Å². The van der Waals surface area contributed by atoms with E-state index in [4.69, 9.17) is 11.6 Å². The average Bonchev–Trinajstić information content (AvgIpc) is 2.53. The van der Waals surface area contributed by atoms with Gasteiger partial charge in [0.25, 0.3) is 0 Å². The second-order valence-corrected chi connectivity index (χ2v) is 4.96. The number of aryl methyl sites for hydroxylation is 3. The van der Waals surface area contributed by atoms with Crippen molar-refractivity contribution < 1.29 is 0 Å².